The highest BCUT2D eigenvalue weighted by atomic mass is 32.2. The van der Waals surface area contributed by atoms with Crippen LogP contribution in [0, 0.1) is 0 Å². The van der Waals surface area contributed by atoms with Crippen molar-refractivity contribution in [3.05, 3.63) is 48.4 Å². The van der Waals surface area contributed by atoms with E-state index in [1.165, 1.54) is 6.20 Å². The van der Waals surface area contributed by atoms with Gasteiger partial charge in [0.25, 0.3) is 11.7 Å². The molecular weight excluding hydrogens is 334 g/mol. The van der Waals surface area contributed by atoms with Crippen molar-refractivity contribution < 1.29 is 13.6 Å². The number of hydrogen-bond donors (Lipinski definition) is 0. The molecule has 0 saturated carbocycles. The Kier molecular flexibility index (Phi) is 5.24. The fraction of sp³-hybridized carbons (Fsp3) is 0.312. The molecule has 1 amide bonds. The number of carbonyl (C=O) groups is 1. The van der Waals surface area contributed by atoms with Gasteiger partial charge < -0.3 is 9.80 Å². The van der Waals surface area contributed by atoms with Gasteiger partial charge in [0.2, 0.25) is 0 Å². The number of halogens is 2. The molecule has 126 valence electrons. The predicted molar refractivity (Wildman–Crippen MR) is 88.5 cm³/mol. The lowest BCUT2D eigenvalue weighted by Crippen LogP contribution is -2.49. The average Bonchev–Trinajstić information content (AvgIpc) is 2.62. The molecule has 0 atom stereocenters. The third-order valence-electron chi connectivity index (χ3n) is 3.80. The number of carbonyl (C=O) groups excluding carboxylic acids is 1. The lowest BCUT2D eigenvalue weighted by Gasteiger charge is -2.36. The van der Waals surface area contributed by atoms with Crippen LogP contribution in [0.25, 0.3) is 0 Å². The first-order valence-corrected chi connectivity index (χ1v) is 8.37. The van der Waals surface area contributed by atoms with E-state index in [0.29, 0.717) is 37.9 Å². The number of thioether (sulfide) groups is 1. The van der Waals surface area contributed by atoms with Crippen molar-refractivity contribution >= 4 is 23.4 Å². The summed E-state index contributed by atoms with van der Waals surface area (Å²) in [5.41, 5.74) is 1.30. The fourth-order valence-electron chi connectivity index (χ4n) is 2.62. The molecule has 2 aromatic heterocycles. The Balaban J connectivity index is 1.68. The SMILES string of the molecule is O=C(c1cccnc1SC(F)F)N1CCN(c2ccncc2)CC1. The predicted octanol–water partition coefficient (Wildman–Crippen LogP) is 2.75. The average molecular weight is 350 g/mol. The van der Waals surface area contributed by atoms with E-state index in [2.05, 4.69) is 14.9 Å². The standard InChI is InChI=1S/C16H16F2N4OS/c17-16(18)24-14-13(2-1-5-20-14)15(23)22-10-8-21(9-11-22)12-3-6-19-7-4-12/h1-7,16H,8-11H2. The summed E-state index contributed by atoms with van der Waals surface area (Å²) in [6, 6.07) is 7.00. The molecule has 0 aliphatic carbocycles. The zero-order valence-corrected chi connectivity index (χ0v) is 13.6. The molecule has 8 heteroatoms. The third kappa shape index (κ3) is 3.81. The van der Waals surface area contributed by atoms with Gasteiger partial charge in [-0.05, 0) is 36.0 Å². The molecule has 5 nitrogen and oxygen atoms in total. The largest absolute Gasteiger partial charge is 0.368 e. The van der Waals surface area contributed by atoms with Crippen LogP contribution in [-0.2, 0) is 0 Å². The Labute approximate surface area is 142 Å². The molecule has 2 aromatic rings. The molecule has 0 radical (unpaired) electrons. The minimum absolute atomic E-state index is 0.0778. The summed E-state index contributed by atoms with van der Waals surface area (Å²) in [5, 5.41) is 0.0778. The summed E-state index contributed by atoms with van der Waals surface area (Å²) in [4.78, 5) is 24.4. The maximum atomic E-state index is 12.6. The molecule has 1 aliphatic heterocycles. The monoisotopic (exact) mass is 350 g/mol. The Morgan fingerprint density at radius 2 is 1.79 bits per heavy atom. The number of hydrogen-bond acceptors (Lipinski definition) is 5. The van der Waals surface area contributed by atoms with Crippen molar-refractivity contribution in [3.8, 4) is 0 Å². The van der Waals surface area contributed by atoms with Gasteiger partial charge in [0.1, 0.15) is 5.03 Å². The highest BCUT2D eigenvalue weighted by Gasteiger charge is 2.25. The van der Waals surface area contributed by atoms with Gasteiger partial charge in [-0.25, -0.2) is 4.98 Å². The quantitative estimate of drug-likeness (QED) is 0.794. The highest BCUT2D eigenvalue weighted by molar-refractivity contribution is 7.99. The minimum atomic E-state index is -2.60. The van der Waals surface area contributed by atoms with E-state index < -0.39 is 5.76 Å². The number of piperazine rings is 1. The van der Waals surface area contributed by atoms with Crippen LogP contribution in [0.3, 0.4) is 0 Å². The van der Waals surface area contributed by atoms with Crippen molar-refractivity contribution in [2.24, 2.45) is 0 Å². The number of pyridine rings is 2. The van der Waals surface area contributed by atoms with Gasteiger partial charge in [0.05, 0.1) is 5.56 Å². The van der Waals surface area contributed by atoms with E-state index in [0.717, 1.165) is 5.69 Å². The molecule has 24 heavy (non-hydrogen) atoms. The maximum absolute atomic E-state index is 12.6. The summed E-state index contributed by atoms with van der Waals surface area (Å²) in [5.74, 6) is -2.85. The van der Waals surface area contributed by atoms with Gasteiger partial charge in [0.15, 0.2) is 0 Å². The number of rotatable bonds is 4. The first-order chi connectivity index (χ1) is 11.6. The molecule has 1 saturated heterocycles. The van der Waals surface area contributed by atoms with E-state index >= 15 is 0 Å². The topological polar surface area (TPSA) is 49.3 Å². The second kappa shape index (κ2) is 7.57. The molecule has 1 fully saturated rings. The molecule has 1 aliphatic rings. The van der Waals surface area contributed by atoms with Gasteiger partial charge in [-0.3, -0.25) is 9.78 Å². The number of anilines is 1. The number of nitrogens with zero attached hydrogens (tertiary/aromatic N) is 4. The van der Waals surface area contributed by atoms with Crippen molar-refractivity contribution in [1.29, 1.82) is 0 Å². The maximum Gasteiger partial charge on any atom is 0.290 e. The Morgan fingerprint density at radius 1 is 1.08 bits per heavy atom. The zero-order chi connectivity index (χ0) is 16.9. The third-order valence-corrected chi connectivity index (χ3v) is 4.52. The summed E-state index contributed by atoms with van der Waals surface area (Å²) < 4.78 is 25.3. The summed E-state index contributed by atoms with van der Waals surface area (Å²) >= 11 is 0.305. The van der Waals surface area contributed by atoms with Crippen LogP contribution < -0.4 is 4.90 Å². The zero-order valence-electron chi connectivity index (χ0n) is 12.8. The number of alkyl halides is 2. The molecule has 3 rings (SSSR count). The van der Waals surface area contributed by atoms with Crippen LogP contribution in [0.5, 0.6) is 0 Å². The Hall–Kier alpha value is -2.22. The highest BCUT2D eigenvalue weighted by Crippen LogP contribution is 2.27. The van der Waals surface area contributed by atoms with Gasteiger partial charge in [-0.1, -0.05) is 0 Å². The van der Waals surface area contributed by atoms with Crippen LogP contribution in [-0.4, -0.2) is 52.7 Å². The van der Waals surface area contributed by atoms with Crippen molar-refractivity contribution in [2.75, 3.05) is 31.1 Å². The number of amides is 1. The second-order valence-electron chi connectivity index (χ2n) is 5.22. The summed E-state index contributed by atoms with van der Waals surface area (Å²) in [6.45, 7) is 2.45. The number of aromatic nitrogens is 2. The van der Waals surface area contributed by atoms with Crippen molar-refractivity contribution in [1.82, 2.24) is 14.9 Å². The molecule has 3 heterocycles. The van der Waals surface area contributed by atoms with Crippen LogP contribution in [0.4, 0.5) is 14.5 Å². The van der Waals surface area contributed by atoms with Crippen LogP contribution in [0.2, 0.25) is 0 Å². The van der Waals surface area contributed by atoms with E-state index in [9.17, 15) is 13.6 Å². The van der Waals surface area contributed by atoms with E-state index in [4.69, 9.17) is 0 Å². The first kappa shape index (κ1) is 16.6. The molecule has 0 bridgehead atoms. The minimum Gasteiger partial charge on any atom is -0.368 e. The van der Waals surface area contributed by atoms with E-state index in [-0.39, 0.29) is 16.5 Å². The lowest BCUT2D eigenvalue weighted by atomic mass is 10.2. The first-order valence-electron chi connectivity index (χ1n) is 7.49. The smallest absolute Gasteiger partial charge is 0.290 e. The second-order valence-corrected chi connectivity index (χ2v) is 6.20. The summed E-state index contributed by atoms with van der Waals surface area (Å²) in [6.07, 6.45) is 4.88. The van der Waals surface area contributed by atoms with Gasteiger partial charge in [-0.15, -0.1) is 0 Å². The van der Waals surface area contributed by atoms with Gasteiger partial charge in [-0.2, -0.15) is 8.78 Å². The van der Waals surface area contributed by atoms with Gasteiger partial charge in [0, 0.05) is 50.5 Å². The van der Waals surface area contributed by atoms with Crippen LogP contribution in [0.1, 0.15) is 10.4 Å². The van der Waals surface area contributed by atoms with E-state index in [1.807, 2.05) is 12.1 Å². The van der Waals surface area contributed by atoms with Crippen molar-refractivity contribution in [3.63, 3.8) is 0 Å². The van der Waals surface area contributed by atoms with E-state index in [1.54, 1.807) is 29.4 Å². The van der Waals surface area contributed by atoms with Crippen LogP contribution in [0.15, 0.2) is 47.9 Å². The summed E-state index contributed by atoms with van der Waals surface area (Å²) in [7, 11) is 0. The Bertz CT molecular complexity index is 693. The van der Waals surface area contributed by atoms with Crippen molar-refractivity contribution in [2.45, 2.75) is 10.8 Å². The molecular formula is C16H16F2N4OS. The molecule has 0 unspecified atom stereocenters. The molecule has 0 aromatic carbocycles. The van der Waals surface area contributed by atoms with Gasteiger partial charge >= 0.3 is 0 Å². The molecule has 0 N–H and O–H groups in total. The van der Waals surface area contributed by atoms with Crippen LogP contribution >= 0.6 is 11.8 Å². The fourth-order valence-corrected chi connectivity index (χ4v) is 3.20. The Morgan fingerprint density at radius 3 is 2.46 bits per heavy atom. The normalized spacial score (nSPS) is 15.0. The molecule has 0 spiro atoms. The lowest BCUT2D eigenvalue weighted by molar-refractivity contribution is 0.0742.